The van der Waals surface area contributed by atoms with Crippen molar-refractivity contribution < 1.29 is 28.6 Å². The largest absolute Gasteiger partial charge is 0.462 e. The first-order chi connectivity index (χ1) is 39.5. The predicted molar refractivity (Wildman–Crippen MR) is 349 cm³/mol. The highest BCUT2D eigenvalue weighted by molar-refractivity contribution is 5.71. The minimum atomic E-state index is -0.784. The van der Waals surface area contributed by atoms with Crippen LogP contribution in [0.25, 0.3) is 0 Å². The Morgan fingerprint density at radius 1 is 0.263 bits per heavy atom. The van der Waals surface area contributed by atoms with Gasteiger partial charge in [-0.15, -0.1) is 0 Å². The molecule has 1 unspecified atom stereocenters. The lowest BCUT2D eigenvalue weighted by atomic mass is 10.0. The highest BCUT2D eigenvalue weighted by Gasteiger charge is 2.19. The molecule has 0 saturated heterocycles. The zero-order chi connectivity index (χ0) is 57.8. The summed E-state index contributed by atoms with van der Waals surface area (Å²) in [4.78, 5) is 38.4. The predicted octanol–water partition coefficient (Wildman–Crippen LogP) is 24.5. The Morgan fingerprint density at radius 2 is 0.487 bits per heavy atom. The Morgan fingerprint density at radius 3 is 0.762 bits per heavy atom. The van der Waals surface area contributed by atoms with Gasteiger partial charge in [-0.05, 0) is 57.8 Å². The van der Waals surface area contributed by atoms with E-state index in [2.05, 4.69) is 69.4 Å². The summed E-state index contributed by atoms with van der Waals surface area (Å²) in [6.07, 6.45) is 87.2. The SMILES string of the molecule is CC/C=C\C/C=C\C/C=C\C/C=C\CCCCCCC(=O)OC(COC(=O)CCCCCCCCCCCCCCCCCC)COC(=O)CCCCCCCCCCCCCCCCCCCCCCCCCCCCCCC. The summed E-state index contributed by atoms with van der Waals surface area (Å²) >= 11 is 0. The molecule has 0 N–H and O–H groups in total. The van der Waals surface area contributed by atoms with Gasteiger partial charge in [0.1, 0.15) is 13.2 Å². The van der Waals surface area contributed by atoms with E-state index in [1.807, 2.05) is 0 Å². The fraction of sp³-hybridized carbons (Fsp3) is 0.851. The first-order valence-corrected chi connectivity index (χ1v) is 35.6. The van der Waals surface area contributed by atoms with Crippen LogP contribution in [0.15, 0.2) is 48.6 Å². The first kappa shape index (κ1) is 77.4. The van der Waals surface area contributed by atoms with Crippen LogP contribution in [-0.4, -0.2) is 37.2 Å². The van der Waals surface area contributed by atoms with Crippen LogP contribution in [0.5, 0.6) is 0 Å². The Kier molecular flexibility index (Phi) is 66.6. The molecule has 6 nitrogen and oxygen atoms in total. The third kappa shape index (κ3) is 66.2. The maximum atomic E-state index is 12.9. The molecule has 0 aromatic heterocycles. The number of ether oxygens (including phenoxy) is 3. The van der Waals surface area contributed by atoms with E-state index in [4.69, 9.17) is 14.2 Å². The zero-order valence-corrected chi connectivity index (χ0v) is 53.9. The van der Waals surface area contributed by atoms with E-state index < -0.39 is 6.10 Å². The number of allylic oxidation sites excluding steroid dienone is 8. The molecule has 0 fully saturated rings. The Balaban J connectivity index is 4.22. The van der Waals surface area contributed by atoms with Crippen molar-refractivity contribution in [2.45, 2.75) is 393 Å². The second-order valence-electron chi connectivity index (χ2n) is 24.1. The van der Waals surface area contributed by atoms with Gasteiger partial charge in [-0.1, -0.05) is 358 Å². The van der Waals surface area contributed by atoms with Crippen LogP contribution in [0.1, 0.15) is 387 Å². The van der Waals surface area contributed by atoms with Crippen LogP contribution in [0.2, 0.25) is 0 Å². The molecule has 80 heavy (non-hydrogen) atoms. The van der Waals surface area contributed by atoms with Gasteiger partial charge in [0.25, 0.3) is 0 Å². The number of esters is 3. The van der Waals surface area contributed by atoms with Crippen LogP contribution in [0, 0.1) is 0 Å². The average molecular weight is 1120 g/mol. The van der Waals surface area contributed by atoms with Crippen molar-refractivity contribution in [2.24, 2.45) is 0 Å². The van der Waals surface area contributed by atoms with Crippen molar-refractivity contribution in [3.8, 4) is 0 Å². The zero-order valence-electron chi connectivity index (χ0n) is 53.9. The molecule has 0 aliphatic heterocycles. The van der Waals surface area contributed by atoms with E-state index >= 15 is 0 Å². The van der Waals surface area contributed by atoms with Gasteiger partial charge in [0.15, 0.2) is 6.10 Å². The fourth-order valence-electron chi connectivity index (χ4n) is 10.8. The maximum absolute atomic E-state index is 12.9. The van der Waals surface area contributed by atoms with Gasteiger partial charge in [-0.25, -0.2) is 0 Å². The molecule has 0 aliphatic rings. The van der Waals surface area contributed by atoms with Crippen molar-refractivity contribution >= 4 is 17.9 Å². The molecule has 0 amide bonds. The lowest BCUT2D eigenvalue weighted by molar-refractivity contribution is -0.167. The first-order valence-electron chi connectivity index (χ1n) is 35.6. The molecule has 0 aromatic rings. The molecule has 0 bridgehead atoms. The Bertz CT molecular complexity index is 1380. The van der Waals surface area contributed by atoms with Crippen molar-refractivity contribution in [2.75, 3.05) is 13.2 Å². The molecular formula is C74H136O6. The van der Waals surface area contributed by atoms with Crippen molar-refractivity contribution in [3.05, 3.63) is 48.6 Å². The van der Waals surface area contributed by atoms with Crippen LogP contribution >= 0.6 is 0 Å². The Hall–Kier alpha value is -2.63. The molecule has 0 heterocycles. The van der Waals surface area contributed by atoms with Crippen LogP contribution in [0.4, 0.5) is 0 Å². The van der Waals surface area contributed by atoms with Gasteiger partial charge in [0, 0.05) is 19.3 Å². The quantitative estimate of drug-likeness (QED) is 0.0261. The molecule has 0 aromatic carbocycles. The number of hydrogen-bond donors (Lipinski definition) is 0. The molecule has 0 aliphatic carbocycles. The number of rotatable bonds is 66. The molecule has 468 valence electrons. The van der Waals surface area contributed by atoms with Crippen molar-refractivity contribution in [1.82, 2.24) is 0 Å². The normalized spacial score (nSPS) is 12.3. The second kappa shape index (κ2) is 68.9. The lowest BCUT2D eigenvalue weighted by Gasteiger charge is -2.18. The number of carbonyl (C=O) groups is 3. The monoisotopic (exact) mass is 1120 g/mol. The van der Waals surface area contributed by atoms with Gasteiger partial charge < -0.3 is 14.2 Å². The minimum absolute atomic E-state index is 0.0780. The topological polar surface area (TPSA) is 78.9 Å². The van der Waals surface area contributed by atoms with Crippen molar-refractivity contribution in [1.29, 1.82) is 0 Å². The summed E-state index contributed by atoms with van der Waals surface area (Å²) in [5.74, 6) is -0.874. The third-order valence-electron chi connectivity index (χ3n) is 16.1. The van der Waals surface area contributed by atoms with Gasteiger partial charge in [0.05, 0.1) is 0 Å². The van der Waals surface area contributed by atoms with E-state index in [9.17, 15) is 14.4 Å². The van der Waals surface area contributed by atoms with Gasteiger partial charge in [-0.2, -0.15) is 0 Å². The number of carbonyl (C=O) groups excluding carboxylic acids is 3. The summed E-state index contributed by atoms with van der Waals surface area (Å²) in [5.41, 5.74) is 0. The van der Waals surface area contributed by atoms with E-state index in [1.165, 1.54) is 250 Å². The summed E-state index contributed by atoms with van der Waals surface area (Å²) in [6.45, 7) is 6.58. The van der Waals surface area contributed by atoms with Crippen LogP contribution in [-0.2, 0) is 28.6 Å². The second-order valence-corrected chi connectivity index (χ2v) is 24.1. The maximum Gasteiger partial charge on any atom is 0.306 e. The molecule has 0 saturated carbocycles. The number of hydrogen-bond acceptors (Lipinski definition) is 6. The molecular weight excluding hydrogens is 985 g/mol. The van der Waals surface area contributed by atoms with E-state index in [0.29, 0.717) is 19.3 Å². The van der Waals surface area contributed by atoms with Gasteiger partial charge in [0.2, 0.25) is 0 Å². The molecule has 0 spiro atoms. The molecule has 0 rings (SSSR count). The third-order valence-corrected chi connectivity index (χ3v) is 16.1. The van der Waals surface area contributed by atoms with Crippen LogP contribution in [0.3, 0.4) is 0 Å². The van der Waals surface area contributed by atoms with Crippen molar-refractivity contribution in [3.63, 3.8) is 0 Å². The number of unbranched alkanes of at least 4 members (excludes halogenated alkanes) is 47. The van der Waals surface area contributed by atoms with Gasteiger partial charge >= 0.3 is 17.9 Å². The smallest absolute Gasteiger partial charge is 0.306 e. The molecule has 0 radical (unpaired) electrons. The molecule has 1 atom stereocenters. The summed E-state index contributed by atoms with van der Waals surface area (Å²) in [7, 11) is 0. The standard InChI is InChI=1S/C74H136O6/c1-4-7-10-13-16-19-22-25-28-31-32-33-34-35-36-37-38-39-40-41-42-44-46-49-52-55-58-61-64-67-73(76)79-70-71(69-78-72(75)66-63-60-57-54-51-48-45-30-27-24-21-18-15-12-9-6-3)80-74(77)68-65-62-59-56-53-50-47-43-29-26-23-20-17-14-11-8-5-2/h8,11,17,20,26,29,47,50,71H,4-7,9-10,12-16,18-19,21-25,27-28,30-46,48-49,51-70H2,1-3H3/b11-8-,20-17-,29-26-,50-47-. The minimum Gasteiger partial charge on any atom is -0.462 e. The lowest BCUT2D eigenvalue weighted by Crippen LogP contribution is -2.30. The molecule has 6 heteroatoms. The van der Waals surface area contributed by atoms with Crippen LogP contribution < -0.4 is 0 Å². The summed E-state index contributed by atoms with van der Waals surface area (Å²) < 4.78 is 17.0. The van der Waals surface area contributed by atoms with E-state index in [1.54, 1.807) is 0 Å². The van der Waals surface area contributed by atoms with E-state index in [0.717, 1.165) is 96.3 Å². The summed E-state index contributed by atoms with van der Waals surface area (Å²) in [6, 6.07) is 0. The highest BCUT2D eigenvalue weighted by Crippen LogP contribution is 2.19. The van der Waals surface area contributed by atoms with E-state index in [-0.39, 0.29) is 31.1 Å². The fourth-order valence-corrected chi connectivity index (χ4v) is 10.8. The summed E-state index contributed by atoms with van der Waals surface area (Å²) in [5, 5.41) is 0. The highest BCUT2D eigenvalue weighted by atomic mass is 16.6. The Labute approximate surface area is 498 Å². The average Bonchev–Trinajstić information content (AvgIpc) is 3.46. The van der Waals surface area contributed by atoms with Gasteiger partial charge in [-0.3, -0.25) is 14.4 Å².